The van der Waals surface area contributed by atoms with Gasteiger partial charge >= 0.3 is 0 Å². The lowest BCUT2D eigenvalue weighted by Gasteiger charge is -2.23. The molecule has 0 N–H and O–H groups in total. The van der Waals surface area contributed by atoms with Crippen LogP contribution >= 0.6 is 11.8 Å². The first kappa shape index (κ1) is 22.0. The Hall–Kier alpha value is -3.19. The van der Waals surface area contributed by atoms with Crippen LogP contribution < -0.4 is 19.1 Å². The lowest BCUT2D eigenvalue weighted by atomic mass is 10.1. The highest BCUT2D eigenvalue weighted by Gasteiger charge is 2.30. The second-order valence-electron chi connectivity index (χ2n) is 7.35. The standard InChI is InChI=1S/C25H24FNO4S/c1-29-20-12-17(13-21(30-2)25(20)31-3)23-14-24(28)27(15-16-7-6-8-18(26)11-16)19-9-4-5-10-22(19)32-23/h4-13,23H,14-15H2,1-3H3/t23-/m1/s1. The van der Waals surface area contributed by atoms with Crippen LogP contribution in [0.15, 0.2) is 65.6 Å². The molecule has 0 radical (unpaired) electrons. The van der Waals surface area contributed by atoms with Gasteiger partial charge in [0.25, 0.3) is 0 Å². The number of halogens is 1. The monoisotopic (exact) mass is 453 g/mol. The van der Waals surface area contributed by atoms with E-state index in [1.165, 1.54) is 12.1 Å². The molecule has 1 aliphatic heterocycles. The number of ether oxygens (including phenoxy) is 3. The number of amides is 1. The van der Waals surface area contributed by atoms with Gasteiger partial charge in [0.2, 0.25) is 11.7 Å². The van der Waals surface area contributed by atoms with Gasteiger partial charge in [-0.1, -0.05) is 24.3 Å². The van der Waals surface area contributed by atoms with Gasteiger partial charge in [0, 0.05) is 16.6 Å². The molecule has 7 heteroatoms. The van der Waals surface area contributed by atoms with E-state index in [4.69, 9.17) is 14.2 Å². The van der Waals surface area contributed by atoms with Crippen molar-refractivity contribution in [2.24, 2.45) is 0 Å². The summed E-state index contributed by atoms with van der Waals surface area (Å²) in [5.74, 6) is 1.25. The first-order valence-electron chi connectivity index (χ1n) is 10.1. The molecule has 4 rings (SSSR count). The summed E-state index contributed by atoms with van der Waals surface area (Å²) >= 11 is 1.62. The molecule has 166 valence electrons. The summed E-state index contributed by atoms with van der Waals surface area (Å²) in [6, 6.07) is 17.9. The number of anilines is 1. The SMILES string of the molecule is COc1cc([C@H]2CC(=O)N(Cc3cccc(F)c3)c3ccccc3S2)cc(OC)c1OC. The van der Waals surface area contributed by atoms with Crippen LogP contribution in [0.1, 0.15) is 22.8 Å². The van der Waals surface area contributed by atoms with E-state index in [1.807, 2.05) is 42.5 Å². The van der Waals surface area contributed by atoms with E-state index in [9.17, 15) is 9.18 Å². The van der Waals surface area contributed by atoms with Crippen molar-refractivity contribution >= 4 is 23.4 Å². The highest BCUT2D eigenvalue weighted by molar-refractivity contribution is 7.99. The molecule has 1 heterocycles. The summed E-state index contributed by atoms with van der Waals surface area (Å²) in [6.07, 6.45) is 0.271. The Morgan fingerprint density at radius 3 is 2.34 bits per heavy atom. The molecule has 1 atom stereocenters. The lowest BCUT2D eigenvalue weighted by molar-refractivity contribution is -0.118. The molecule has 0 aromatic heterocycles. The number of rotatable bonds is 6. The number of fused-ring (bicyclic) bond motifs is 1. The molecule has 1 aliphatic rings. The number of nitrogens with zero attached hydrogens (tertiary/aromatic N) is 1. The third kappa shape index (κ3) is 4.39. The molecular formula is C25H24FNO4S. The zero-order valence-electron chi connectivity index (χ0n) is 18.1. The number of carbonyl (C=O) groups is 1. The topological polar surface area (TPSA) is 48.0 Å². The molecule has 0 bridgehead atoms. The van der Waals surface area contributed by atoms with Gasteiger partial charge in [-0.2, -0.15) is 0 Å². The van der Waals surface area contributed by atoms with Gasteiger partial charge in [-0.3, -0.25) is 4.79 Å². The summed E-state index contributed by atoms with van der Waals surface area (Å²) in [7, 11) is 4.70. The van der Waals surface area contributed by atoms with Gasteiger partial charge in [0.05, 0.1) is 33.6 Å². The number of thioether (sulfide) groups is 1. The summed E-state index contributed by atoms with van der Waals surface area (Å²) < 4.78 is 30.2. The van der Waals surface area contributed by atoms with E-state index in [0.717, 1.165) is 21.7 Å². The smallest absolute Gasteiger partial charge is 0.228 e. The number of para-hydroxylation sites is 1. The van der Waals surface area contributed by atoms with E-state index in [1.54, 1.807) is 44.1 Å². The minimum atomic E-state index is -0.317. The number of benzene rings is 3. The number of hydrogen-bond acceptors (Lipinski definition) is 5. The molecular weight excluding hydrogens is 429 g/mol. The van der Waals surface area contributed by atoms with Crippen LogP contribution in [0.25, 0.3) is 0 Å². The quantitative estimate of drug-likeness (QED) is 0.485. The average molecular weight is 454 g/mol. The van der Waals surface area contributed by atoms with Gasteiger partial charge in [0.1, 0.15) is 5.82 Å². The highest BCUT2D eigenvalue weighted by Crippen LogP contribution is 2.49. The Balaban J connectivity index is 1.73. The Morgan fingerprint density at radius 2 is 1.69 bits per heavy atom. The first-order valence-corrected chi connectivity index (χ1v) is 11.0. The molecule has 0 unspecified atom stereocenters. The van der Waals surface area contributed by atoms with Crippen molar-refractivity contribution in [3.63, 3.8) is 0 Å². The molecule has 0 saturated carbocycles. The van der Waals surface area contributed by atoms with Crippen molar-refractivity contribution in [1.29, 1.82) is 0 Å². The predicted octanol–water partition coefficient (Wildman–Crippen LogP) is 5.62. The van der Waals surface area contributed by atoms with Crippen molar-refractivity contribution in [1.82, 2.24) is 0 Å². The summed E-state index contributed by atoms with van der Waals surface area (Å²) in [5, 5.41) is -0.158. The van der Waals surface area contributed by atoms with E-state index >= 15 is 0 Å². The Morgan fingerprint density at radius 1 is 0.969 bits per heavy atom. The maximum atomic E-state index is 13.7. The zero-order valence-corrected chi connectivity index (χ0v) is 18.9. The molecule has 0 spiro atoms. The predicted molar refractivity (Wildman–Crippen MR) is 123 cm³/mol. The molecule has 1 amide bonds. The number of methoxy groups -OCH3 is 3. The van der Waals surface area contributed by atoms with E-state index < -0.39 is 0 Å². The maximum absolute atomic E-state index is 13.7. The van der Waals surface area contributed by atoms with Crippen LogP contribution in [-0.2, 0) is 11.3 Å². The molecule has 32 heavy (non-hydrogen) atoms. The lowest BCUT2D eigenvalue weighted by Crippen LogP contribution is -2.30. The summed E-state index contributed by atoms with van der Waals surface area (Å²) in [5.41, 5.74) is 2.46. The van der Waals surface area contributed by atoms with Gasteiger partial charge in [-0.15, -0.1) is 11.8 Å². The molecule has 0 aliphatic carbocycles. The van der Waals surface area contributed by atoms with Crippen molar-refractivity contribution < 1.29 is 23.4 Å². The second-order valence-corrected chi connectivity index (χ2v) is 8.59. The molecule has 3 aromatic carbocycles. The Kier molecular flexibility index (Phi) is 6.55. The van der Waals surface area contributed by atoms with Gasteiger partial charge in [-0.25, -0.2) is 4.39 Å². The average Bonchev–Trinajstić information content (AvgIpc) is 2.94. The maximum Gasteiger partial charge on any atom is 0.228 e. The van der Waals surface area contributed by atoms with Crippen LogP contribution in [0.2, 0.25) is 0 Å². The van der Waals surface area contributed by atoms with Crippen molar-refractivity contribution in [2.75, 3.05) is 26.2 Å². The molecule has 3 aromatic rings. The van der Waals surface area contributed by atoms with E-state index in [-0.39, 0.29) is 23.4 Å². The van der Waals surface area contributed by atoms with Crippen LogP contribution in [0, 0.1) is 5.82 Å². The fraction of sp³-hybridized carbons (Fsp3) is 0.240. The van der Waals surface area contributed by atoms with Crippen LogP contribution in [0.3, 0.4) is 0 Å². The van der Waals surface area contributed by atoms with Crippen molar-refractivity contribution in [2.45, 2.75) is 23.1 Å². The number of hydrogen-bond donors (Lipinski definition) is 0. The largest absolute Gasteiger partial charge is 0.493 e. The summed E-state index contributed by atoms with van der Waals surface area (Å²) in [4.78, 5) is 16.1. The second kappa shape index (κ2) is 9.53. The highest BCUT2D eigenvalue weighted by atomic mass is 32.2. The fourth-order valence-corrected chi connectivity index (χ4v) is 5.10. The first-order chi connectivity index (χ1) is 15.5. The third-order valence-corrected chi connectivity index (χ3v) is 6.70. The zero-order chi connectivity index (χ0) is 22.7. The van der Waals surface area contributed by atoms with Crippen LogP contribution in [-0.4, -0.2) is 27.2 Å². The normalized spacial score (nSPS) is 15.7. The minimum absolute atomic E-state index is 0.0366. The summed E-state index contributed by atoms with van der Waals surface area (Å²) in [6.45, 7) is 0.302. The fourth-order valence-electron chi connectivity index (χ4n) is 3.84. The van der Waals surface area contributed by atoms with Gasteiger partial charge in [0.15, 0.2) is 11.5 Å². The van der Waals surface area contributed by atoms with Gasteiger partial charge in [-0.05, 0) is 47.5 Å². The molecule has 0 fully saturated rings. The van der Waals surface area contributed by atoms with Crippen molar-refractivity contribution in [3.05, 3.63) is 77.6 Å². The van der Waals surface area contributed by atoms with Crippen molar-refractivity contribution in [3.8, 4) is 17.2 Å². The van der Waals surface area contributed by atoms with Crippen LogP contribution in [0.5, 0.6) is 17.2 Å². The Labute approximate surface area is 191 Å². The molecule has 0 saturated heterocycles. The third-order valence-electron chi connectivity index (χ3n) is 5.37. The number of carbonyl (C=O) groups excluding carboxylic acids is 1. The van der Waals surface area contributed by atoms with E-state index in [0.29, 0.717) is 23.8 Å². The van der Waals surface area contributed by atoms with Gasteiger partial charge < -0.3 is 19.1 Å². The van der Waals surface area contributed by atoms with Crippen LogP contribution in [0.4, 0.5) is 10.1 Å². The Bertz CT molecular complexity index is 1110. The molecule has 5 nitrogen and oxygen atoms in total. The van der Waals surface area contributed by atoms with E-state index in [2.05, 4.69) is 0 Å². The minimum Gasteiger partial charge on any atom is -0.493 e.